The van der Waals surface area contributed by atoms with Gasteiger partial charge in [0, 0.05) is 13.7 Å². The highest BCUT2D eigenvalue weighted by Gasteiger charge is 2.46. The molecular weight excluding hydrogens is 451 g/mol. The summed E-state index contributed by atoms with van der Waals surface area (Å²) in [6, 6.07) is 0. The van der Waals surface area contributed by atoms with Gasteiger partial charge < -0.3 is 8.86 Å². The fourth-order valence-corrected chi connectivity index (χ4v) is 2.75. The largest absolute Gasteiger partial charge is 0.480 e. The average molecular weight is 465 g/mol. The molecule has 166 valence electrons. The Balaban J connectivity index is 0. The minimum Gasteiger partial charge on any atom is -0.421 e. The van der Waals surface area contributed by atoms with Crippen LogP contribution >= 0.6 is 0 Å². The van der Waals surface area contributed by atoms with E-state index in [0.717, 1.165) is 4.13 Å². The molecule has 27 heavy (non-hydrogen) atoms. The first-order valence-corrected chi connectivity index (χ1v) is 9.23. The van der Waals surface area contributed by atoms with Crippen LogP contribution in [0.15, 0.2) is 0 Å². The second-order valence-electron chi connectivity index (χ2n) is 4.39. The Morgan fingerprint density at radius 1 is 0.852 bits per heavy atom. The number of nitrogens with zero attached hydrogens (tertiary/aromatic N) is 2. The maximum atomic E-state index is 11.8. The number of halogens is 9. The molecule has 0 rings (SSSR count). The second kappa shape index (κ2) is 10.1. The molecule has 7 nitrogen and oxygen atoms in total. The zero-order valence-electron chi connectivity index (χ0n) is 13.5. The van der Waals surface area contributed by atoms with Gasteiger partial charge in [0.15, 0.2) is 20.0 Å². The Bertz CT molecular complexity index is 598. The van der Waals surface area contributed by atoms with E-state index in [1.54, 1.807) is 6.92 Å². The summed E-state index contributed by atoms with van der Waals surface area (Å²) in [6.07, 6.45) is -4.11. The number of sulfonamides is 2. The van der Waals surface area contributed by atoms with Gasteiger partial charge in [-0.15, -0.1) is 0 Å². The van der Waals surface area contributed by atoms with Gasteiger partial charge >= 0.3 is 17.2 Å². The maximum absolute atomic E-state index is 11.8. The Morgan fingerprint density at radius 2 is 1.22 bits per heavy atom. The molecule has 0 saturated carbocycles. The van der Waals surface area contributed by atoms with Crippen molar-refractivity contribution in [2.75, 3.05) is 33.4 Å². The van der Waals surface area contributed by atoms with Crippen LogP contribution in [0.1, 0.15) is 6.92 Å². The summed E-state index contributed by atoms with van der Waals surface area (Å²) in [6.45, 7) is 1.90. The van der Waals surface area contributed by atoms with Gasteiger partial charge in [0.2, 0.25) is 0 Å². The van der Waals surface area contributed by atoms with Gasteiger partial charge in [-0.25, -0.2) is 16.8 Å². The third kappa shape index (κ3) is 11.6. The lowest BCUT2D eigenvalue weighted by Crippen LogP contribution is -2.36. The van der Waals surface area contributed by atoms with Crippen LogP contribution in [0.5, 0.6) is 0 Å². The molecule has 0 radical (unpaired) electrons. The van der Waals surface area contributed by atoms with Crippen molar-refractivity contribution < 1.29 is 61.1 Å². The van der Waals surface area contributed by atoms with Gasteiger partial charge in [-0.1, -0.05) is 6.92 Å². The summed E-state index contributed by atoms with van der Waals surface area (Å²) < 4.78 is 149. The van der Waals surface area contributed by atoms with Crippen LogP contribution in [0.4, 0.5) is 39.5 Å². The molecule has 0 N–H and O–H groups in total. The quantitative estimate of drug-likeness (QED) is 0.537. The second-order valence-corrected chi connectivity index (χ2v) is 7.82. The molecule has 0 aliphatic carbocycles. The van der Waals surface area contributed by atoms with E-state index in [1.165, 1.54) is 12.0 Å². The first-order valence-electron chi connectivity index (χ1n) is 6.35. The van der Waals surface area contributed by atoms with Crippen LogP contribution in [-0.2, 0) is 24.8 Å². The predicted molar refractivity (Wildman–Crippen MR) is 73.4 cm³/mol. The van der Waals surface area contributed by atoms with Gasteiger partial charge in [0.1, 0.15) is 0 Å². The number of methoxy groups -OCH3 is 1. The van der Waals surface area contributed by atoms with Crippen LogP contribution in [0.3, 0.4) is 0 Å². The molecule has 0 saturated heterocycles. The molecule has 0 aliphatic heterocycles. The van der Waals surface area contributed by atoms with Crippen LogP contribution in [0.2, 0.25) is 0 Å². The Morgan fingerprint density at radius 3 is 1.44 bits per heavy atom. The zero-order chi connectivity index (χ0) is 22.3. The number of hydrogen-bond acceptors (Lipinski definition) is 6. The molecule has 0 atom stereocenters. The van der Waals surface area contributed by atoms with Crippen LogP contribution in [0, 0.1) is 0 Å². The number of hydrogen-bond donors (Lipinski definition) is 0. The minimum atomic E-state index is -6.72. The van der Waals surface area contributed by atoms with Crippen molar-refractivity contribution in [3.8, 4) is 0 Å². The van der Waals surface area contributed by atoms with E-state index in [0.29, 0.717) is 19.7 Å². The lowest BCUT2D eigenvalue weighted by molar-refractivity contribution is -0.146. The SMILES string of the molecule is CCN(CCOC)CC(F)(F)F.O=S(=O)([N-]S(=O)(=O)C(F)(F)F)C(F)(F)F. The van der Waals surface area contributed by atoms with Gasteiger partial charge in [0.25, 0.3) is 0 Å². The highest BCUT2D eigenvalue weighted by atomic mass is 32.3. The molecule has 0 bridgehead atoms. The van der Waals surface area contributed by atoms with Crippen molar-refractivity contribution in [2.24, 2.45) is 0 Å². The van der Waals surface area contributed by atoms with E-state index in [2.05, 4.69) is 4.74 Å². The smallest absolute Gasteiger partial charge is 0.421 e. The summed E-state index contributed by atoms with van der Waals surface area (Å²) in [7, 11) is -12.0. The van der Waals surface area contributed by atoms with E-state index in [1.807, 2.05) is 0 Å². The number of alkyl halides is 9. The molecule has 0 unspecified atom stereocenters. The number of likely N-dealkylation sites (N-methyl/N-ethyl adjacent to an activating group) is 1. The number of rotatable bonds is 7. The molecule has 0 amide bonds. The van der Waals surface area contributed by atoms with Crippen LogP contribution in [0.25, 0.3) is 4.13 Å². The lowest BCUT2D eigenvalue weighted by atomic mass is 10.4. The zero-order valence-corrected chi connectivity index (χ0v) is 15.1. The summed E-state index contributed by atoms with van der Waals surface area (Å²) in [4.78, 5) is 1.30. The Hall–Kier alpha value is -0.850. The standard InChI is InChI=1S/C7H14F3NO.C2F6NO4S2/c1-3-11(4-5-12-2)6-7(8,9)10;3-1(4,5)14(10,11)9-15(12,13)2(6,7)8/h3-6H2,1-2H3;/q;-1. The molecule has 0 aromatic rings. The van der Waals surface area contributed by atoms with Gasteiger partial charge in [-0.2, -0.15) is 39.5 Å². The van der Waals surface area contributed by atoms with Gasteiger partial charge in [-0.3, -0.25) is 4.90 Å². The molecule has 0 aliphatic rings. The average Bonchev–Trinajstić information content (AvgIpc) is 2.39. The van der Waals surface area contributed by atoms with Crippen molar-refractivity contribution in [2.45, 2.75) is 24.1 Å². The Kier molecular flexibility index (Phi) is 10.6. The van der Waals surface area contributed by atoms with E-state index in [4.69, 9.17) is 0 Å². The highest BCUT2D eigenvalue weighted by molar-refractivity contribution is 8.13. The maximum Gasteiger partial charge on any atom is 0.480 e. The van der Waals surface area contributed by atoms with Crippen molar-refractivity contribution >= 4 is 20.0 Å². The third-order valence-electron chi connectivity index (χ3n) is 2.24. The number of ether oxygens (including phenoxy) is 1. The van der Waals surface area contributed by atoms with Crippen molar-refractivity contribution in [1.29, 1.82) is 0 Å². The predicted octanol–water partition coefficient (Wildman–Crippen LogP) is 2.58. The van der Waals surface area contributed by atoms with Crippen LogP contribution < -0.4 is 0 Å². The normalized spacial score (nSPS) is 14.1. The first kappa shape index (κ1) is 28.4. The third-order valence-corrected chi connectivity index (χ3v) is 4.98. The van der Waals surface area contributed by atoms with Crippen LogP contribution in [-0.4, -0.2) is 72.3 Å². The van der Waals surface area contributed by atoms with E-state index >= 15 is 0 Å². The van der Waals surface area contributed by atoms with Gasteiger partial charge in [-0.05, 0) is 6.54 Å². The highest BCUT2D eigenvalue weighted by Crippen LogP contribution is 2.36. The molecule has 0 aromatic carbocycles. The molecule has 0 aromatic heterocycles. The van der Waals surface area contributed by atoms with Crippen molar-refractivity contribution in [3.63, 3.8) is 0 Å². The molecule has 0 spiro atoms. The van der Waals surface area contributed by atoms with E-state index in [-0.39, 0.29) is 0 Å². The molecular formula is C9H14F9N2O5S2-. The van der Waals surface area contributed by atoms with E-state index < -0.39 is 43.8 Å². The van der Waals surface area contributed by atoms with E-state index in [9.17, 15) is 56.3 Å². The summed E-state index contributed by atoms with van der Waals surface area (Å²) in [5.41, 5.74) is -12.4. The van der Waals surface area contributed by atoms with Gasteiger partial charge in [0.05, 0.1) is 13.2 Å². The lowest BCUT2D eigenvalue weighted by Gasteiger charge is -2.22. The van der Waals surface area contributed by atoms with Crippen molar-refractivity contribution in [3.05, 3.63) is 4.13 Å². The molecule has 0 fully saturated rings. The molecule has 0 heterocycles. The van der Waals surface area contributed by atoms with Crippen molar-refractivity contribution in [1.82, 2.24) is 4.90 Å². The summed E-state index contributed by atoms with van der Waals surface area (Å²) in [5, 5.41) is 0. The fourth-order valence-electron chi connectivity index (χ4n) is 1.04. The molecule has 18 heteroatoms. The first-order chi connectivity index (χ1) is 11.7. The fraction of sp³-hybridized carbons (Fsp3) is 1.00. The topological polar surface area (TPSA) is 94.8 Å². The summed E-state index contributed by atoms with van der Waals surface area (Å²) in [5.74, 6) is 0. The minimum absolute atomic E-state index is 0.326. The summed E-state index contributed by atoms with van der Waals surface area (Å²) >= 11 is 0. The Labute approximate surface area is 148 Å². The monoisotopic (exact) mass is 465 g/mol.